The van der Waals surface area contributed by atoms with Gasteiger partial charge in [0.25, 0.3) is 5.91 Å². The van der Waals surface area contributed by atoms with Crippen LogP contribution in [-0.4, -0.2) is 11.0 Å². The van der Waals surface area contributed by atoms with Crippen LogP contribution < -0.4 is 5.32 Å². The Morgan fingerprint density at radius 1 is 1.15 bits per heavy atom. The van der Waals surface area contributed by atoms with E-state index in [9.17, 15) is 23.1 Å². The van der Waals surface area contributed by atoms with E-state index in [2.05, 4.69) is 15.9 Å². The zero-order chi connectivity index (χ0) is 14.9. The summed E-state index contributed by atoms with van der Waals surface area (Å²) in [7, 11) is 0. The lowest BCUT2D eigenvalue weighted by Crippen LogP contribution is -2.14. The molecule has 0 unspecified atom stereocenters. The number of anilines is 1. The molecule has 0 bridgehead atoms. The lowest BCUT2D eigenvalue weighted by atomic mass is 10.2. The molecule has 2 aromatic carbocycles. The molecular weight excluding hydrogens is 339 g/mol. The van der Waals surface area contributed by atoms with Crippen LogP contribution in [-0.2, 0) is 0 Å². The van der Waals surface area contributed by atoms with Gasteiger partial charge in [-0.15, -0.1) is 0 Å². The van der Waals surface area contributed by atoms with Gasteiger partial charge >= 0.3 is 0 Å². The van der Waals surface area contributed by atoms with Gasteiger partial charge in [-0.3, -0.25) is 4.79 Å². The number of rotatable bonds is 2. The first kappa shape index (κ1) is 14.4. The van der Waals surface area contributed by atoms with Crippen molar-refractivity contribution in [2.24, 2.45) is 0 Å². The second-order valence-corrected chi connectivity index (χ2v) is 4.78. The van der Waals surface area contributed by atoms with E-state index in [1.807, 2.05) is 5.32 Å². The van der Waals surface area contributed by atoms with E-state index in [-0.39, 0.29) is 11.3 Å². The summed E-state index contributed by atoms with van der Waals surface area (Å²) in [6.45, 7) is 0. The van der Waals surface area contributed by atoms with Crippen LogP contribution >= 0.6 is 15.9 Å². The summed E-state index contributed by atoms with van der Waals surface area (Å²) >= 11 is 3.10. The highest BCUT2D eigenvalue weighted by atomic mass is 79.9. The van der Waals surface area contributed by atoms with Crippen LogP contribution in [0.25, 0.3) is 0 Å². The number of halogens is 4. The van der Waals surface area contributed by atoms with Crippen LogP contribution in [0.5, 0.6) is 5.75 Å². The maximum Gasteiger partial charge on any atom is 0.259 e. The number of nitrogens with one attached hydrogen (secondary N) is 1. The predicted molar refractivity (Wildman–Crippen MR) is 70.1 cm³/mol. The first-order valence-corrected chi connectivity index (χ1v) is 6.12. The molecule has 0 spiro atoms. The number of benzene rings is 2. The van der Waals surface area contributed by atoms with Gasteiger partial charge in [0.2, 0.25) is 0 Å². The Kier molecular flexibility index (Phi) is 3.99. The molecule has 2 rings (SSSR count). The quantitative estimate of drug-likeness (QED) is 0.813. The molecule has 0 radical (unpaired) electrons. The minimum absolute atomic E-state index is 0.163. The summed E-state index contributed by atoms with van der Waals surface area (Å²) in [5.41, 5.74) is -0.810. The second kappa shape index (κ2) is 5.54. The monoisotopic (exact) mass is 345 g/mol. The number of hydrogen-bond donors (Lipinski definition) is 2. The van der Waals surface area contributed by atoms with Crippen molar-refractivity contribution < 1.29 is 23.1 Å². The van der Waals surface area contributed by atoms with Gasteiger partial charge in [0.05, 0.1) is 11.3 Å². The van der Waals surface area contributed by atoms with E-state index >= 15 is 0 Å². The molecule has 0 saturated carbocycles. The Bertz CT molecular complexity index is 692. The Morgan fingerprint density at radius 3 is 2.55 bits per heavy atom. The smallest absolute Gasteiger partial charge is 0.259 e. The van der Waals surface area contributed by atoms with Crippen molar-refractivity contribution in [3.63, 3.8) is 0 Å². The summed E-state index contributed by atoms with van der Waals surface area (Å²) in [5, 5.41) is 11.5. The fourth-order valence-electron chi connectivity index (χ4n) is 1.53. The number of aromatic hydroxyl groups is 1. The van der Waals surface area contributed by atoms with E-state index in [4.69, 9.17) is 0 Å². The lowest BCUT2D eigenvalue weighted by Gasteiger charge is -2.09. The molecule has 0 aliphatic carbocycles. The minimum atomic E-state index is -1.42. The molecule has 7 heteroatoms. The van der Waals surface area contributed by atoms with E-state index < -0.39 is 29.0 Å². The van der Waals surface area contributed by atoms with Crippen molar-refractivity contribution in [1.82, 2.24) is 0 Å². The van der Waals surface area contributed by atoms with Crippen LogP contribution in [0, 0.1) is 17.5 Å². The third kappa shape index (κ3) is 2.93. The molecule has 2 N–H and O–H groups in total. The minimum Gasteiger partial charge on any atom is -0.507 e. The topological polar surface area (TPSA) is 49.3 Å². The standard InChI is InChI=1S/C13H7BrF3NO2/c14-6-1-2-11(19)8(3-6)13(20)18-10-5-7(15)4-9(16)12(10)17/h1-5,19H,(H,18,20). The van der Waals surface area contributed by atoms with Gasteiger partial charge in [0.15, 0.2) is 11.6 Å². The van der Waals surface area contributed by atoms with E-state index in [0.29, 0.717) is 16.6 Å². The summed E-state index contributed by atoms with van der Waals surface area (Å²) in [6.07, 6.45) is 0. The van der Waals surface area contributed by atoms with Gasteiger partial charge < -0.3 is 10.4 Å². The molecule has 20 heavy (non-hydrogen) atoms. The number of hydrogen-bond acceptors (Lipinski definition) is 2. The van der Waals surface area contributed by atoms with Gasteiger partial charge in [-0.1, -0.05) is 15.9 Å². The zero-order valence-corrected chi connectivity index (χ0v) is 11.3. The highest BCUT2D eigenvalue weighted by Gasteiger charge is 2.17. The molecule has 0 heterocycles. The average molecular weight is 346 g/mol. The molecular formula is C13H7BrF3NO2. The number of carbonyl (C=O) groups is 1. The molecule has 0 atom stereocenters. The van der Waals surface area contributed by atoms with Crippen molar-refractivity contribution in [3.8, 4) is 5.75 Å². The second-order valence-electron chi connectivity index (χ2n) is 3.86. The molecule has 0 aliphatic rings. The van der Waals surface area contributed by atoms with Gasteiger partial charge in [-0.25, -0.2) is 13.2 Å². The SMILES string of the molecule is O=C(Nc1cc(F)cc(F)c1F)c1cc(Br)ccc1O. The maximum atomic E-state index is 13.4. The summed E-state index contributed by atoms with van der Waals surface area (Å²) < 4.78 is 39.9. The molecule has 0 fully saturated rings. The van der Waals surface area contributed by atoms with Crippen LogP contribution in [0.15, 0.2) is 34.8 Å². The van der Waals surface area contributed by atoms with Gasteiger partial charge in [0.1, 0.15) is 11.6 Å². The normalized spacial score (nSPS) is 10.4. The third-order valence-electron chi connectivity index (χ3n) is 2.44. The van der Waals surface area contributed by atoms with Crippen molar-refractivity contribution >= 4 is 27.5 Å². The lowest BCUT2D eigenvalue weighted by molar-refractivity contribution is 0.102. The Balaban J connectivity index is 2.35. The van der Waals surface area contributed by atoms with E-state index in [0.717, 1.165) is 0 Å². The Hall–Kier alpha value is -2.02. The average Bonchev–Trinajstić information content (AvgIpc) is 2.38. The zero-order valence-electron chi connectivity index (χ0n) is 9.75. The number of amides is 1. The largest absolute Gasteiger partial charge is 0.507 e. The highest BCUT2D eigenvalue weighted by molar-refractivity contribution is 9.10. The summed E-state index contributed by atoms with van der Waals surface area (Å²) in [6, 6.07) is 5.04. The molecule has 0 aromatic heterocycles. The first-order valence-electron chi connectivity index (χ1n) is 5.33. The molecule has 104 valence electrons. The van der Waals surface area contributed by atoms with Gasteiger partial charge in [0, 0.05) is 16.6 Å². The van der Waals surface area contributed by atoms with Crippen molar-refractivity contribution in [3.05, 3.63) is 57.8 Å². The molecule has 1 amide bonds. The predicted octanol–water partition coefficient (Wildman–Crippen LogP) is 3.82. The number of carbonyl (C=O) groups excluding carboxylic acids is 1. The summed E-state index contributed by atoms with van der Waals surface area (Å²) in [4.78, 5) is 11.9. The van der Waals surface area contributed by atoms with Gasteiger partial charge in [-0.05, 0) is 18.2 Å². The van der Waals surface area contributed by atoms with Crippen LogP contribution in [0.3, 0.4) is 0 Å². The molecule has 0 saturated heterocycles. The van der Waals surface area contributed by atoms with E-state index in [1.165, 1.54) is 18.2 Å². The van der Waals surface area contributed by atoms with Crippen LogP contribution in [0.4, 0.5) is 18.9 Å². The highest BCUT2D eigenvalue weighted by Crippen LogP contribution is 2.24. The number of phenolic OH excluding ortho intramolecular Hbond substituents is 1. The van der Waals surface area contributed by atoms with Crippen molar-refractivity contribution in [1.29, 1.82) is 0 Å². The first-order chi connectivity index (χ1) is 9.38. The fourth-order valence-corrected chi connectivity index (χ4v) is 1.89. The Morgan fingerprint density at radius 2 is 1.85 bits per heavy atom. The maximum absolute atomic E-state index is 13.4. The van der Waals surface area contributed by atoms with Crippen molar-refractivity contribution in [2.75, 3.05) is 5.32 Å². The third-order valence-corrected chi connectivity index (χ3v) is 2.94. The number of phenols is 1. The molecule has 0 aliphatic heterocycles. The van der Waals surface area contributed by atoms with E-state index in [1.54, 1.807) is 0 Å². The van der Waals surface area contributed by atoms with Gasteiger partial charge in [-0.2, -0.15) is 0 Å². The molecule has 2 aromatic rings. The molecule has 3 nitrogen and oxygen atoms in total. The summed E-state index contributed by atoms with van der Waals surface area (Å²) in [5.74, 6) is -5.07. The van der Waals surface area contributed by atoms with Crippen molar-refractivity contribution in [2.45, 2.75) is 0 Å². The fraction of sp³-hybridized carbons (Fsp3) is 0. The van der Waals surface area contributed by atoms with Crippen LogP contribution in [0.2, 0.25) is 0 Å². The van der Waals surface area contributed by atoms with Crippen LogP contribution in [0.1, 0.15) is 10.4 Å². The Labute approximate surface area is 120 Å².